The summed E-state index contributed by atoms with van der Waals surface area (Å²) >= 11 is 6.12. The van der Waals surface area contributed by atoms with Crippen LogP contribution in [0.2, 0.25) is 5.02 Å². The molecule has 0 radical (unpaired) electrons. The summed E-state index contributed by atoms with van der Waals surface area (Å²) in [5, 5.41) is 3.31. The molecule has 7 heteroatoms. The molecule has 0 saturated carbocycles. The summed E-state index contributed by atoms with van der Waals surface area (Å²) in [4.78, 5) is 38.6. The van der Waals surface area contributed by atoms with Crippen molar-refractivity contribution in [2.75, 3.05) is 25.0 Å². The van der Waals surface area contributed by atoms with Crippen molar-refractivity contribution in [1.82, 2.24) is 4.90 Å². The third-order valence-corrected chi connectivity index (χ3v) is 5.25. The summed E-state index contributed by atoms with van der Waals surface area (Å²) in [6, 6.07) is 13.6. The topological polar surface area (TPSA) is 75.7 Å². The van der Waals surface area contributed by atoms with Crippen LogP contribution in [0.3, 0.4) is 0 Å². The van der Waals surface area contributed by atoms with E-state index in [1.165, 1.54) is 0 Å². The van der Waals surface area contributed by atoms with E-state index in [0.29, 0.717) is 54.4 Å². The number of piperidine rings is 1. The molecule has 0 aromatic heterocycles. The zero-order valence-corrected chi connectivity index (χ0v) is 16.9. The Bertz CT molecular complexity index is 890. The zero-order valence-electron chi connectivity index (χ0n) is 16.2. The summed E-state index contributed by atoms with van der Waals surface area (Å²) < 4.78 is 4.95. The van der Waals surface area contributed by atoms with Gasteiger partial charge in [0.25, 0.3) is 5.91 Å². The van der Waals surface area contributed by atoms with E-state index in [1.54, 1.807) is 60.4 Å². The van der Waals surface area contributed by atoms with E-state index in [1.807, 2.05) is 0 Å². The number of carbonyl (C=O) groups excluding carboxylic acids is 3. The lowest BCUT2D eigenvalue weighted by molar-refractivity contribution is -0.121. The van der Waals surface area contributed by atoms with Crippen molar-refractivity contribution in [1.29, 1.82) is 0 Å². The minimum absolute atomic E-state index is 0.0845. The van der Waals surface area contributed by atoms with Crippen LogP contribution in [0.4, 0.5) is 5.69 Å². The molecular formula is C22H23ClN2O4. The molecule has 0 unspecified atom stereocenters. The standard InChI is InChI=1S/C22H23ClN2O4/c1-2-29-22(28)16-7-9-17(10-8-16)24-20(26)15-11-13-25(14-12-15)21(27)18-5-3-4-6-19(18)23/h3-10,15H,2,11-14H2,1H3,(H,24,26). The zero-order chi connectivity index (χ0) is 20.8. The summed E-state index contributed by atoms with van der Waals surface area (Å²) in [5.74, 6) is -0.751. The second kappa shape index (κ2) is 9.56. The molecule has 29 heavy (non-hydrogen) atoms. The molecule has 0 spiro atoms. The number of benzene rings is 2. The average molecular weight is 415 g/mol. The van der Waals surface area contributed by atoms with Crippen LogP contribution >= 0.6 is 11.6 Å². The highest BCUT2D eigenvalue weighted by atomic mass is 35.5. The van der Waals surface area contributed by atoms with Gasteiger partial charge in [0.05, 0.1) is 22.8 Å². The molecule has 0 aliphatic carbocycles. The van der Waals surface area contributed by atoms with Crippen molar-refractivity contribution in [2.45, 2.75) is 19.8 Å². The van der Waals surface area contributed by atoms with E-state index in [2.05, 4.69) is 5.32 Å². The Kier molecular flexibility index (Phi) is 6.88. The Labute approximate surface area is 174 Å². The maximum Gasteiger partial charge on any atom is 0.338 e. The number of nitrogens with one attached hydrogen (secondary N) is 1. The summed E-state index contributed by atoms with van der Waals surface area (Å²) in [7, 11) is 0. The first-order valence-electron chi connectivity index (χ1n) is 9.61. The lowest BCUT2D eigenvalue weighted by Crippen LogP contribution is -2.41. The number of amides is 2. The Morgan fingerprint density at radius 2 is 1.72 bits per heavy atom. The van der Waals surface area contributed by atoms with Crippen molar-refractivity contribution in [3.8, 4) is 0 Å². The van der Waals surface area contributed by atoms with Gasteiger partial charge in [0.15, 0.2) is 0 Å². The monoisotopic (exact) mass is 414 g/mol. The molecule has 1 heterocycles. The SMILES string of the molecule is CCOC(=O)c1ccc(NC(=O)C2CCN(C(=O)c3ccccc3Cl)CC2)cc1. The normalized spacial score (nSPS) is 14.3. The molecule has 152 valence electrons. The average Bonchev–Trinajstić information content (AvgIpc) is 2.74. The molecule has 2 aromatic carbocycles. The minimum Gasteiger partial charge on any atom is -0.462 e. The first-order chi connectivity index (χ1) is 14.0. The molecule has 0 bridgehead atoms. The summed E-state index contributed by atoms with van der Waals surface area (Å²) in [6.45, 7) is 3.07. The molecule has 6 nitrogen and oxygen atoms in total. The molecule has 1 aliphatic rings. The number of rotatable bonds is 5. The van der Waals surface area contributed by atoms with Gasteiger partial charge in [-0.15, -0.1) is 0 Å². The number of hydrogen-bond donors (Lipinski definition) is 1. The van der Waals surface area contributed by atoms with Gasteiger partial charge in [-0.25, -0.2) is 4.79 Å². The van der Waals surface area contributed by atoms with Gasteiger partial charge in [0, 0.05) is 24.7 Å². The van der Waals surface area contributed by atoms with Crippen LogP contribution in [0.5, 0.6) is 0 Å². The lowest BCUT2D eigenvalue weighted by atomic mass is 9.95. The Balaban J connectivity index is 1.53. The predicted molar refractivity (Wildman–Crippen MR) is 111 cm³/mol. The third kappa shape index (κ3) is 5.15. The van der Waals surface area contributed by atoms with Gasteiger partial charge in [-0.1, -0.05) is 23.7 Å². The number of ether oxygens (including phenoxy) is 1. The minimum atomic E-state index is -0.388. The van der Waals surface area contributed by atoms with Crippen LogP contribution in [0, 0.1) is 5.92 Å². The molecule has 2 amide bonds. The third-order valence-electron chi connectivity index (χ3n) is 4.92. The van der Waals surface area contributed by atoms with E-state index in [0.717, 1.165) is 0 Å². The Morgan fingerprint density at radius 1 is 1.07 bits per heavy atom. The van der Waals surface area contributed by atoms with Crippen molar-refractivity contribution in [2.24, 2.45) is 5.92 Å². The van der Waals surface area contributed by atoms with E-state index in [4.69, 9.17) is 16.3 Å². The van der Waals surface area contributed by atoms with Gasteiger partial charge in [0.2, 0.25) is 5.91 Å². The molecule has 0 atom stereocenters. The van der Waals surface area contributed by atoms with Crippen LogP contribution in [-0.4, -0.2) is 42.4 Å². The largest absolute Gasteiger partial charge is 0.462 e. The van der Waals surface area contributed by atoms with Crippen molar-refractivity contribution in [3.63, 3.8) is 0 Å². The quantitative estimate of drug-likeness (QED) is 0.750. The van der Waals surface area contributed by atoms with Gasteiger partial charge in [0.1, 0.15) is 0 Å². The van der Waals surface area contributed by atoms with Gasteiger partial charge in [-0.3, -0.25) is 9.59 Å². The fourth-order valence-corrected chi connectivity index (χ4v) is 3.51. The van der Waals surface area contributed by atoms with Crippen molar-refractivity contribution in [3.05, 3.63) is 64.7 Å². The molecule has 3 rings (SSSR count). The number of halogens is 1. The number of carbonyl (C=O) groups is 3. The Morgan fingerprint density at radius 3 is 2.34 bits per heavy atom. The number of nitrogens with zero attached hydrogens (tertiary/aromatic N) is 1. The number of hydrogen-bond acceptors (Lipinski definition) is 4. The molecule has 1 aliphatic heterocycles. The van der Waals surface area contributed by atoms with Crippen LogP contribution in [0.1, 0.15) is 40.5 Å². The van der Waals surface area contributed by atoms with Crippen LogP contribution in [0.25, 0.3) is 0 Å². The smallest absolute Gasteiger partial charge is 0.338 e. The molecule has 1 fully saturated rings. The number of anilines is 1. The maximum atomic E-state index is 12.6. The van der Waals surface area contributed by atoms with Gasteiger partial charge in [-0.2, -0.15) is 0 Å². The van der Waals surface area contributed by atoms with Gasteiger partial charge >= 0.3 is 5.97 Å². The molecule has 2 aromatic rings. The molecule has 1 saturated heterocycles. The van der Waals surface area contributed by atoms with E-state index < -0.39 is 0 Å². The van der Waals surface area contributed by atoms with E-state index >= 15 is 0 Å². The fourth-order valence-electron chi connectivity index (χ4n) is 3.30. The van der Waals surface area contributed by atoms with Crippen molar-refractivity contribution >= 4 is 35.1 Å². The molecule has 1 N–H and O–H groups in total. The second-order valence-corrected chi connectivity index (χ2v) is 7.24. The van der Waals surface area contributed by atoms with Gasteiger partial charge in [-0.05, 0) is 56.2 Å². The summed E-state index contributed by atoms with van der Waals surface area (Å²) in [5.41, 5.74) is 1.55. The maximum absolute atomic E-state index is 12.6. The van der Waals surface area contributed by atoms with E-state index in [9.17, 15) is 14.4 Å². The van der Waals surface area contributed by atoms with Crippen LogP contribution in [0.15, 0.2) is 48.5 Å². The second-order valence-electron chi connectivity index (χ2n) is 6.83. The predicted octanol–water partition coefficient (Wildman–Crippen LogP) is 4.01. The van der Waals surface area contributed by atoms with Crippen molar-refractivity contribution < 1.29 is 19.1 Å². The number of esters is 1. The summed E-state index contributed by atoms with van der Waals surface area (Å²) in [6.07, 6.45) is 1.17. The van der Waals surface area contributed by atoms with Gasteiger partial charge < -0.3 is 15.0 Å². The highest BCUT2D eigenvalue weighted by molar-refractivity contribution is 6.33. The molecular weight excluding hydrogens is 392 g/mol. The first-order valence-corrected chi connectivity index (χ1v) is 9.99. The van der Waals surface area contributed by atoms with E-state index in [-0.39, 0.29) is 23.7 Å². The fraction of sp³-hybridized carbons (Fsp3) is 0.318. The first kappa shape index (κ1) is 20.9. The number of likely N-dealkylation sites (tertiary alicyclic amines) is 1. The highest BCUT2D eigenvalue weighted by Crippen LogP contribution is 2.23. The van der Waals surface area contributed by atoms with Crippen LogP contribution < -0.4 is 5.32 Å². The Hall–Kier alpha value is -2.86. The van der Waals surface area contributed by atoms with Crippen LogP contribution in [-0.2, 0) is 9.53 Å². The highest BCUT2D eigenvalue weighted by Gasteiger charge is 2.28. The lowest BCUT2D eigenvalue weighted by Gasteiger charge is -2.31.